The van der Waals surface area contributed by atoms with Crippen molar-refractivity contribution >= 4 is 5.91 Å². The summed E-state index contributed by atoms with van der Waals surface area (Å²) in [7, 11) is 0. The molecule has 0 spiro atoms. The summed E-state index contributed by atoms with van der Waals surface area (Å²) in [4.78, 5) is 31.5. The van der Waals surface area contributed by atoms with Crippen LogP contribution in [0.3, 0.4) is 0 Å². The monoisotopic (exact) mass is 379 g/mol. The first-order valence-electron chi connectivity index (χ1n) is 9.30. The smallest absolute Gasteiger partial charge is 0.255 e. The predicted octanol–water partition coefficient (Wildman–Crippen LogP) is 2.44. The Labute approximate surface area is 163 Å². The first-order chi connectivity index (χ1) is 13.4. The van der Waals surface area contributed by atoms with Crippen molar-refractivity contribution < 1.29 is 4.79 Å². The van der Waals surface area contributed by atoms with Gasteiger partial charge in [-0.15, -0.1) is 0 Å². The van der Waals surface area contributed by atoms with Crippen LogP contribution in [0.2, 0.25) is 0 Å². The van der Waals surface area contributed by atoms with Crippen LogP contribution in [0.1, 0.15) is 40.2 Å². The summed E-state index contributed by atoms with van der Waals surface area (Å²) in [6, 6.07) is 9.82. The number of hydrogen-bond donors (Lipinski definition) is 2. The Morgan fingerprint density at radius 1 is 1.11 bits per heavy atom. The van der Waals surface area contributed by atoms with Gasteiger partial charge in [0.25, 0.3) is 5.56 Å². The Bertz CT molecular complexity index is 1050. The zero-order chi connectivity index (χ0) is 20.3. The summed E-state index contributed by atoms with van der Waals surface area (Å²) in [6.45, 7) is 7.89. The molecule has 0 saturated heterocycles. The second-order valence-electron chi connectivity index (χ2n) is 6.92. The van der Waals surface area contributed by atoms with Crippen LogP contribution in [0.4, 0.5) is 0 Å². The Balaban J connectivity index is 1.70. The number of benzene rings is 1. The second-order valence-corrected chi connectivity index (χ2v) is 6.92. The molecule has 3 rings (SSSR count). The highest BCUT2D eigenvalue weighted by molar-refractivity contribution is 5.76. The van der Waals surface area contributed by atoms with Crippen LogP contribution < -0.4 is 10.9 Å². The van der Waals surface area contributed by atoms with Crippen LogP contribution in [-0.4, -0.2) is 25.7 Å². The van der Waals surface area contributed by atoms with Crippen molar-refractivity contribution in [3.63, 3.8) is 0 Å². The number of carbonyl (C=O) groups excluding carboxylic acids is 1. The first kappa shape index (κ1) is 19.5. The standard InChI is InChI=1S/C21H25N5O2/c1-13-14(2)23-21(24-20(13)28)26-16(4)18(15(3)25-26)10-11-19(27)22-12-17-8-6-5-7-9-17/h5-9H,10-12H2,1-4H3,(H,22,27)(H,23,24,28). The molecule has 2 N–H and O–H groups in total. The molecule has 146 valence electrons. The van der Waals surface area contributed by atoms with E-state index in [2.05, 4.69) is 20.4 Å². The second kappa shape index (κ2) is 8.21. The molecule has 28 heavy (non-hydrogen) atoms. The van der Waals surface area contributed by atoms with E-state index in [1.54, 1.807) is 18.5 Å². The van der Waals surface area contributed by atoms with Crippen LogP contribution in [0.5, 0.6) is 0 Å². The van der Waals surface area contributed by atoms with Gasteiger partial charge in [-0.2, -0.15) is 5.10 Å². The average molecular weight is 379 g/mol. The summed E-state index contributed by atoms with van der Waals surface area (Å²) in [6.07, 6.45) is 0.949. The van der Waals surface area contributed by atoms with E-state index in [1.807, 2.05) is 44.2 Å². The molecule has 3 aromatic rings. The topological polar surface area (TPSA) is 92.7 Å². The Morgan fingerprint density at radius 3 is 2.50 bits per heavy atom. The number of aromatic amines is 1. The van der Waals surface area contributed by atoms with Gasteiger partial charge < -0.3 is 5.32 Å². The molecule has 1 aromatic carbocycles. The largest absolute Gasteiger partial charge is 0.352 e. The molecule has 0 atom stereocenters. The van der Waals surface area contributed by atoms with Crippen molar-refractivity contribution in [2.45, 2.75) is 47.1 Å². The van der Waals surface area contributed by atoms with Gasteiger partial charge in [-0.1, -0.05) is 30.3 Å². The lowest BCUT2D eigenvalue weighted by Crippen LogP contribution is -2.23. The fourth-order valence-corrected chi connectivity index (χ4v) is 3.10. The molecule has 0 unspecified atom stereocenters. The van der Waals surface area contributed by atoms with E-state index >= 15 is 0 Å². The third kappa shape index (κ3) is 4.19. The Hall–Kier alpha value is -3.22. The zero-order valence-corrected chi connectivity index (χ0v) is 16.7. The predicted molar refractivity (Wildman–Crippen MR) is 108 cm³/mol. The maximum atomic E-state index is 12.2. The van der Waals surface area contributed by atoms with Gasteiger partial charge in [-0.3, -0.25) is 14.6 Å². The van der Waals surface area contributed by atoms with E-state index < -0.39 is 0 Å². The van der Waals surface area contributed by atoms with E-state index in [9.17, 15) is 9.59 Å². The lowest BCUT2D eigenvalue weighted by atomic mass is 10.1. The van der Waals surface area contributed by atoms with E-state index in [4.69, 9.17) is 0 Å². The van der Waals surface area contributed by atoms with Crippen LogP contribution in [0, 0.1) is 27.7 Å². The van der Waals surface area contributed by atoms with Gasteiger partial charge in [0.05, 0.1) is 5.69 Å². The van der Waals surface area contributed by atoms with Crippen molar-refractivity contribution in [1.29, 1.82) is 0 Å². The number of aryl methyl sites for hydroxylation is 2. The number of nitrogens with one attached hydrogen (secondary N) is 2. The summed E-state index contributed by atoms with van der Waals surface area (Å²) in [5, 5.41) is 7.46. The van der Waals surface area contributed by atoms with Gasteiger partial charge >= 0.3 is 0 Å². The third-order valence-corrected chi connectivity index (χ3v) is 4.96. The van der Waals surface area contributed by atoms with Crippen molar-refractivity contribution in [3.8, 4) is 5.95 Å². The maximum absolute atomic E-state index is 12.2. The number of amides is 1. The molecule has 0 aliphatic heterocycles. The summed E-state index contributed by atoms with van der Waals surface area (Å²) < 4.78 is 1.64. The quantitative estimate of drug-likeness (QED) is 0.688. The number of hydrogen-bond acceptors (Lipinski definition) is 4. The van der Waals surface area contributed by atoms with Crippen LogP contribution in [0.15, 0.2) is 35.1 Å². The van der Waals surface area contributed by atoms with Gasteiger partial charge in [0, 0.05) is 29.9 Å². The number of aromatic nitrogens is 4. The summed E-state index contributed by atoms with van der Waals surface area (Å²) in [5.41, 5.74) is 4.87. The molecular weight excluding hydrogens is 354 g/mol. The van der Waals surface area contributed by atoms with Gasteiger partial charge in [0.2, 0.25) is 11.9 Å². The van der Waals surface area contributed by atoms with Crippen LogP contribution >= 0.6 is 0 Å². The van der Waals surface area contributed by atoms with E-state index in [-0.39, 0.29) is 11.5 Å². The minimum Gasteiger partial charge on any atom is -0.352 e. The van der Waals surface area contributed by atoms with Gasteiger partial charge in [-0.25, -0.2) is 9.67 Å². The maximum Gasteiger partial charge on any atom is 0.255 e. The average Bonchev–Trinajstić information content (AvgIpc) is 2.97. The number of rotatable bonds is 6. The highest BCUT2D eigenvalue weighted by Gasteiger charge is 2.16. The molecule has 0 aliphatic rings. The van der Waals surface area contributed by atoms with Crippen LogP contribution in [-0.2, 0) is 17.8 Å². The summed E-state index contributed by atoms with van der Waals surface area (Å²) >= 11 is 0. The summed E-state index contributed by atoms with van der Waals surface area (Å²) in [5.74, 6) is 0.390. The van der Waals surface area contributed by atoms with Crippen molar-refractivity contribution in [1.82, 2.24) is 25.1 Å². The van der Waals surface area contributed by atoms with Gasteiger partial charge in [-0.05, 0) is 45.2 Å². The van der Waals surface area contributed by atoms with Gasteiger partial charge in [0.15, 0.2) is 0 Å². The highest BCUT2D eigenvalue weighted by atomic mass is 16.1. The molecule has 0 aliphatic carbocycles. The molecule has 7 nitrogen and oxygen atoms in total. The molecule has 2 aromatic heterocycles. The molecule has 1 amide bonds. The number of nitrogens with zero attached hydrogens (tertiary/aromatic N) is 3. The molecule has 0 radical (unpaired) electrons. The molecule has 0 bridgehead atoms. The van der Waals surface area contributed by atoms with Crippen LogP contribution in [0.25, 0.3) is 5.95 Å². The lowest BCUT2D eigenvalue weighted by molar-refractivity contribution is -0.121. The first-order valence-corrected chi connectivity index (χ1v) is 9.30. The number of H-pyrrole nitrogens is 1. The fraction of sp³-hybridized carbons (Fsp3) is 0.333. The van der Waals surface area contributed by atoms with Crippen molar-refractivity contribution in [3.05, 3.63) is 74.5 Å². The molecular formula is C21H25N5O2. The van der Waals surface area contributed by atoms with Crippen molar-refractivity contribution in [2.24, 2.45) is 0 Å². The zero-order valence-electron chi connectivity index (χ0n) is 16.7. The SMILES string of the molecule is Cc1nn(-c2nc(C)c(C)c(=O)[nH]2)c(C)c1CCC(=O)NCc1ccccc1. The Morgan fingerprint density at radius 2 is 1.82 bits per heavy atom. The highest BCUT2D eigenvalue weighted by Crippen LogP contribution is 2.17. The van der Waals surface area contributed by atoms with E-state index in [0.717, 1.165) is 22.5 Å². The minimum absolute atomic E-state index is 0.00637. The molecule has 0 fully saturated rings. The van der Waals surface area contributed by atoms with E-state index in [0.29, 0.717) is 36.6 Å². The minimum atomic E-state index is -0.170. The normalized spacial score (nSPS) is 10.9. The van der Waals surface area contributed by atoms with Gasteiger partial charge in [0.1, 0.15) is 0 Å². The number of carbonyl (C=O) groups is 1. The fourth-order valence-electron chi connectivity index (χ4n) is 3.10. The molecule has 7 heteroatoms. The Kier molecular flexibility index (Phi) is 5.73. The molecule has 2 heterocycles. The lowest BCUT2D eigenvalue weighted by Gasteiger charge is -2.07. The molecule has 0 saturated carbocycles. The third-order valence-electron chi connectivity index (χ3n) is 4.96. The van der Waals surface area contributed by atoms with E-state index in [1.165, 1.54) is 0 Å². The van der Waals surface area contributed by atoms with Crippen molar-refractivity contribution in [2.75, 3.05) is 0 Å².